The normalized spacial score (nSPS) is 18.2. The van der Waals surface area contributed by atoms with E-state index in [9.17, 15) is 9.18 Å². The largest absolute Gasteiger partial charge is 0.462 e. The number of nitrogens with two attached hydrogens (primary N) is 1. The zero-order valence-corrected chi connectivity index (χ0v) is 24.6. The molecule has 1 atom stereocenters. The van der Waals surface area contributed by atoms with Crippen LogP contribution in [0.1, 0.15) is 25.7 Å². The summed E-state index contributed by atoms with van der Waals surface area (Å²) >= 11 is 7.70. The van der Waals surface area contributed by atoms with Crippen LogP contribution in [0.4, 0.5) is 19.7 Å². The molecule has 3 N–H and O–H groups in total. The van der Waals surface area contributed by atoms with E-state index in [0.717, 1.165) is 30.7 Å². The summed E-state index contributed by atoms with van der Waals surface area (Å²) in [6.07, 6.45) is 4.71. The fourth-order valence-electron chi connectivity index (χ4n) is 5.72. The lowest BCUT2D eigenvalue weighted by Crippen LogP contribution is -2.41. The number of hydrogen-bond donors (Lipinski definition) is 2. The first kappa shape index (κ1) is 28.5. The maximum atomic E-state index is 16.5. The van der Waals surface area contributed by atoms with Gasteiger partial charge in [-0.2, -0.15) is 9.97 Å². The van der Waals surface area contributed by atoms with Crippen LogP contribution >= 0.6 is 22.9 Å². The van der Waals surface area contributed by atoms with E-state index in [1.165, 1.54) is 18.2 Å². The number of nitrogens with zero attached hydrogens (tertiary/aromatic N) is 5. The Hall–Kier alpha value is -3.61. The second-order valence-electron chi connectivity index (χ2n) is 10.7. The van der Waals surface area contributed by atoms with Crippen LogP contribution in [-0.4, -0.2) is 76.0 Å². The molecule has 13 heteroatoms. The molecule has 6 rings (SSSR count). The van der Waals surface area contributed by atoms with Gasteiger partial charge in [-0.3, -0.25) is 4.79 Å². The third-order valence-corrected chi connectivity index (χ3v) is 9.23. The minimum absolute atomic E-state index is 0.0154. The third-order valence-electron chi connectivity index (χ3n) is 8.04. The van der Waals surface area contributed by atoms with Crippen molar-refractivity contribution < 1.29 is 18.3 Å². The van der Waals surface area contributed by atoms with Gasteiger partial charge in [0.15, 0.2) is 10.9 Å². The predicted molar refractivity (Wildman–Crippen MR) is 162 cm³/mol. The van der Waals surface area contributed by atoms with Crippen LogP contribution in [0.15, 0.2) is 30.9 Å². The SMILES string of the molecule is C=CC(=O)N1CCC(Nc2nc(OCC3CCCN3C)nc3c(F)c(-c4ccc(F)c5sc(N)nc45)c(Cl)cc23)CC1. The van der Waals surface area contributed by atoms with Gasteiger partial charge in [-0.15, -0.1) is 0 Å². The van der Waals surface area contributed by atoms with Crippen molar-refractivity contribution in [2.24, 2.45) is 0 Å². The Bertz CT molecular complexity index is 1690. The molecule has 0 spiro atoms. The molecule has 4 aromatic rings. The van der Waals surface area contributed by atoms with E-state index in [4.69, 9.17) is 22.1 Å². The van der Waals surface area contributed by atoms with Crippen molar-refractivity contribution in [2.75, 3.05) is 44.3 Å². The van der Waals surface area contributed by atoms with Crippen molar-refractivity contribution in [3.05, 3.63) is 47.5 Å². The molecule has 0 radical (unpaired) electrons. The fourth-order valence-corrected chi connectivity index (χ4v) is 6.78. The second kappa shape index (κ2) is 11.6. The predicted octanol–water partition coefficient (Wildman–Crippen LogP) is 5.48. The summed E-state index contributed by atoms with van der Waals surface area (Å²) in [7, 11) is 2.04. The first-order chi connectivity index (χ1) is 20.2. The summed E-state index contributed by atoms with van der Waals surface area (Å²) in [5, 5.41) is 4.07. The molecule has 0 aliphatic carbocycles. The summed E-state index contributed by atoms with van der Waals surface area (Å²) in [6, 6.07) is 4.52. The molecule has 4 heterocycles. The number of hydrogen-bond acceptors (Lipinski definition) is 9. The first-order valence-corrected chi connectivity index (χ1v) is 15.0. The van der Waals surface area contributed by atoms with E-state index in [1.54, 1.807) is 11.0 Å². The molecule has 2 aromatic carbocycles. The van der Waals surface area contributed by atoms with Crippen molar-refractivity contribution in [2.45, 2.75) is 37.8 Å². The number of amides is 1. The Labute approximate surface area is 250 Å². The summed E-state index contributed by atoms with van der Waals surface area (Å²) < 4.78 is 37.3. The highest BCUT2D eigenvalue weighted by atomic mass is 35.5. The molecule has 2 aromatic heterocycles. The van der Waals surface area contributed by atoms with Crippen LogP contribution in [0, 0.1) is 11.6 Å². The molecule has 0 bridgehead atoms. The highest BCUT2D eigenvalue weighted by Gasteiger charge is 2.27. The van der Waals surface area contributed by atoms with Gasteiger partial charge in [0, 0.05) is 41.7 Å². The molecular weight excluding hydrogens is 584 g/mol. The average molecular weight is 614 g/mol. The van der Waals surface area contributed by atoms with Crippen LogP contribution in [0.25, 0.3) is 32.2 Å². The van der Waals surface area contributed by atoms with E-state index in [0.29, 0.717) is 49.3 Å². The van der Waals surface area contributed by atoms with Crippen molar-refractivity contribution in [3.63, 3.8) is 0 Å². The van der Waals surface area contributed by atoms with Crippen molar-refractivity contribution >= 4 is 60.9 Å². The number of nitrogens with one attached hydrogen (secondary N) is 1. The van der Waals surface area contributed by atoms with Gasteiger partial charge in [0.1, 0.15) is 23.8 Å². The Kier molecular flexibility index (Phi) is 7.86. The van der Waals surface area contributed by atoms with Crippen LogP contribution in [-0.2, 0) is 4.79 Å². The zero-order chi connectivity index (χ0) is 29.5. The van der Waals surface area contributed by atoms with Crippen molar-refractivity contribution in [3.8, 4) is 17.1 Å². The van der Waals surface area contributed by atoms with Gasteiger partial charge in [-0.1, -0.05) is 29.5 Å². The smallest absolute Gasteiger partial charge is 0.319 e. The fraction of sp³-hybridized carbons (Fsp3) is 0.379. The van der Waals surface area contributed by atoms with E-state index in [1.807, 2.05) is 7.05 Å². The maximum Gasteiger partial charge on any atom is 0.319 e. The number of rotatable bonds is 7. The number of nitrogen functional groups attached to an aromatic ring is 1. The number of carbonyl (C=O) groups is 1. The topological polar surface area (TPSA) is 110 Å². The number of benzene rings is 2. The number of ether oxygens (including phenoxy) is 1. The molecule has 2 aliphatic rings. The van der Waals surface area contributed by atoms with Crippen LogP contribution in [0.5, 0.6) is 6.01 Å². The Morgan fingerprint density at radius 1 is 1.21 bits per heavy atom. The van der Waals surface area contributed by atoms with Gasteiger partial charge in [-0.25, -0.2) is 13.8 Å². The molecule has 2 aliphatic heterocycles. The quantitative estimate of drug-likeness (QED) is 0.264. The van der Waals surface area contributed by atoms with E-state index in [2.05, 4.69) is 31.7 Å². The average Bonchev–Trinajstić information content (AvgIpc) is 3.58. The zero-order valence-electron chi connectivity index (χ0n) is 23.0. The number of piperidine rings is 1. The summed E-state index contributed by atoms with van der Waals surface area (Å²) in [4.78, 5) is 29.4. The monoisotopic (exact) mass is 613 g/mol. The standard InChI is InChI=1S/C29H30ClF2N7O2S/c1-3-21(40)39-11-8-15(9-12-39)34-27-18-13-19(30)22(17-6-7-20(31)26-25(17)35-28(33)42-26)23(32)24(18)36-29(37-27)41-14-16-5-4-10-38(16)2/h3,6-7,13,15-16H,1,4-5,8-12,14H2,2H3,(H2,33,35)(H,34,36,37). The van der Waals surface area contributed by atoms with Crippen molar-refractivity contribution in [1.82, 2.24) is 24.8 Å². The number of carbonyl (C=O) groups excluding carboxylic acids is 1. The summed E-state index contributed by atoms with van der Waals surface area (Å²) in [5.41, 5.74) is 6.47. The third kappa shape index (κ3) is 5.34. The van der Waals surface area contributed by atoms with Gasteiger partial charge in [-0.05, 0) is 63.6 Å². The van der Waals surface area contributed by atoms with Gasteiger partial charge in [0.05, 0.1) is 15.2 Å². The molecule has 1 unspecified atom stereocenters. The van der Waals surface area contributed by atoms with Gasteiger partial charge in [0.25, 0.3) is 0 Å². The lowest BCUT2D eigenvalue weighted by atomic mass is 10.0. The number of aromatic nitrogens is 3. The van der Waals surface area contributed by atoms with E-state index in [-0.39, 0.29) is 55.5 Å². The maximum absolute atomic E-state index is 16.5. The summed E-state index contributed by atoms with van der Waals surface area (Å²) in [5.74, 6) is -0.913. The molecule has 42 heavy (non-hydrogen) atoms. The number of likely N-dealkylation sites (N-methyl/N-ethyl adjacent to an activating group) is 1. The Morgan fingerprint density at radius 3 is 2.71 bits per heavy atom. The lowest BCUT2D eigenvalue weighted by molar-refractivity contribution is -0.126. The number of likely N-dealkylation sites (tertiary alicyclic amines) is 2. The molecule has 2 fully saturated rings. The number of anilines is 2. The van der Waals surface area contributed by atoms with Gasteiger partial charge in [0.2, 0.25) is 5.91 Å². The molecule has 0 saturated carbocycles. The minimum atomic E-state index is -0.698. The lowest BCUT2D eigenvalue weighted by Gasteiger charge is -2.32. The minimum Gasteiger partial charge on any atom is -0.462 e. The number of thiazole rings is 1. The Balaban J connectivity index is 1.41. The van der Waals surface area contributed by atoms with Crippen LogP contribution in [0.3, 0.4) is 0 Å². The molecule has 9 nitrogen and oxygen atoms in total. The van der Waals surface area contributed by atoms with Crippen molar-refractivity contribution in [1.29, 1.82) is 0 Å². The molecular formula is C29H30ClF2N7O2S. The van der Waals surface area contributed by atoms with Gasteiger partial charge < -0.3 is 25.6 Å². The highest BCUT2D eigenvalue weighted by Crippen LogP contribution is 2.42. The Morgan fingerprint density at radius 2 is 2.00 bits per heavy atom. The molecule has 1 amide bonds. The van der Waals surface area contributed by atoms with Crippen LogP contribution < -0.4 is 15.8 Å². The van der Waals surface area contributed by atoms with E-state index < -0.39 is 11.6 Å². The van der Waals surface area contributed by atoms with Crippen LogP contribution in [0.2, 0.25) is 5.02 Å². The molecule has 220 valence electrons. The molecule has 2 saturated heterocycles. The van der Waals surface area contributed by atoms with E-state index >= 15 is 4.39 Å². The number of halogens is 3. The second-order valence-corrected chi connectivity index (χ2v) is 12.1. The number of fused-ring (bicyclic) bond motifs is 2. The van der Waals surface area contributed by atoms with Gasteiger partial charge >= 0.3 is 6.01 Å². The highest BCUT2D eigenvalue weighted by molar-refractivity contribution is 7.22. The first-order valence-electron chi connectivity index (χ1n) is 13.8. The summed E-state index contributed by atoms with van der Waals surface area (Å²) in [6.45, 7) is 6.02.